The summed E-state index contributed by atoms with van der Waals surface area (Å²) in [6.07, 6.45) is 5.72. The van der Waals surface area contributed by atoms with Gasteiger partial charge < -0.3 is 9.84 Å². The number of rotatable bonds is 6. The molecule has 3 nitrogen and oxygen atoms in total. The van der Waals surface area contributed by atoms with Crippen LogP contribution in [0, 0.1) is 5.82 Å². The van der Waals surface area contributed by atoms with Gasteiger partial charge in [0.2, 0.25) is 0 Å². The summed E-state index contributed by atoms with van der Waals surface area (Å²) in [5.41, 5.74) is 4.71. The van der Waals surface area contributed by atoms with E-state index in [0.29, 0.717) is 12.4 Å². The molecule has 0 unspecified atom stereocenters. The lowest BCUT2D eigenvalue weighted by Crippen LogP contribution is -2.33. The Kier molecular flexibility index (Phi) is 6.63. The van der Waals surface area contributed by atoms with Crippen LogP contribution in [0.4, 0.5) is 4.39 Å². The van der Waals surface area contributed by atoms with Crippen molar-refractivity contribution in [1.82, 2.24) is 4.90 Å². The van der Waals surface area contributed by atoms with Crippen LogP contribution in [-0.2, 0) is 6.42 Å². The van der Waals surface area contributed by atoms with E-state index >= 15 is 0 Å². The molecule has 2 atom stereocenters. The zero-order valence-corrected chi connectivity index (χ0v) is 19.1. The fraction of sp³-hybridized carbons (Fsp3) is 0.379. The van der Waals surface area contributed by atoms with E-state index < -0.39 is 0 Å². The minimum atomic E-state index is -0.210. The molecule has 0 bridgehead atoms. The quantitative estimate of drug-likeness (QED) is 0.486. The van der Waals surface area contributed by atoms with Crippen molar-refractivity contribution in [2.45, 2.75) is 43.9 Å². The fourth-order valence-corrected chi connectivity index (χ4v) is 5.60. The van der Waals surface area contributed by atoms with Gasteiger partial charge in [0.05, 0.1) is 0 Å². The van der Waals surface area contributed by atoms with Crippen molar-refractivity contribution in [3.8, 4) is 11.5 Å². The first kappa shape index (κ1) is 22.0. The summed E-state index contributed by atoms with van der Waals surface area (Å²) in [5, 5.41) is 10.1. The van der Waals surface area contributed by atoms with Crippen LogP contribution < -0.4 is 4.74 Å². The van der Waals surface area contributed by atoms with E-state index in [1.54, 1.807) is 18.2 Å². The number of phenols is 1. The Morgan fingerprint density at radius 3 is 2.52 bits per heavy atom. The van der Waals surface area contributed by atoms with Gasteiger partial charge in [-0.1, -0.05) is 42.8 Å². The number of likely N-dealkylation sites (tertiary alicyclic amines) is 1. The summed E-state index contributed by atoms with van der Waals surface area (Å²) in [6.45, 7) is 3.95. The van der Waals surface area contributed by atoms with Crippen LogP contribution in [0.1, 0.15) is 59.8 Å². The number of benzene rings is 3. The molecule has 5 rings (SSSR count). The number of hydrogen-bond donors (Lipinski definition) is 1. The lowest BCUT2D eigenvalue weighted by molar-refractivity contribution is 0.182. The summed E-state index contributed by atoms with van der Waals surface area (Å²) >= 11 is 0. The summed E-state index contributed by atoms with van der Waals surface area (Å²) < 4.78 is 20.0. The Bertz CT molecular complexity index is 1080. The van der Waals surface area contributed by atoms with E-state index in [0.717, 1.165) is 49.4 Å². The highest BCUT2D eigenvalue weighted by Crippen LogP contribution is 2.49. The highest BCUT2D eigenvalue weighted by atomic mass is 19.1. The van der Waals surface area contributed by atoms with Crippen LogP contribution in [0.3, 0.4) is 0 Å². The molecule has 1 aliphatic heterocycles. The monoisotopic (exact) mass is 445 g/mol. The molecule has 3 aromatic carbocycles. The van der Waals surface area contributed by atoms with Gasteiger partial charge in [0.15, 0.2) is 0 Å². The Hall–Kier alpha value is -2.85. The second kappa shape index (κ2) is 9.96. The number of hydrogen-bond acceptors (Lipinski definition) is 3. The smallest absolute Gasteiger partial charge is 0.123 e. The van der Waals surface area contributed by atoms with E-state index in [1.165, 1.54) is 30.4 Å². The third-order valence-electron chi connectivity index (χ3n) is 7.25. The second-order valence-electron chi connectivity index (χ2n) is 9.35. The number of piperidine rings is 1. The minimum Gasteiger partial charge on any atom is -0.508 e. The predicted octanol–water partition coefficient (Wildman–Crippen LogP) is 6.26. The van der Waals surface area contributed by atoms with Gasteiger partial charge in [0.1, 0.15) is 23.9 Å². The molecule has 1 aliphatic carbocycles. The lowest BCUT2D eigenvalue weighted by atomic mass is 9.69. The van der Waals surface area contributed by atoms with E-state index in [9.17, 15) is 9.50 Å². The Balaban J connectivity index is 1.47. The molecule has 2 aliphatic rings. The van der Waals surface area contributed by atoms with Gasteiger partial charge in [0.25, 0.3) is 0 Å². The van der Waals surface area contributed by atoms with Crippen LogP contribution in [0.2, 0.25) is 0 Å². The molecule has 1 heterocycles. The summed E-state index contributed by atoms with van der Waals surface area (Å²) in [6, 6.07) is 21.0. The molecule has 1 fully saturated rings. The van der Waals surface area contributed by atoms with Crippen LogP contribution in [0.25, 0.3) is 0 Å². The lowest BCUT2D eigenvalue weighted by Gasteiger charge is -2.35. The first-order chi connectivity index (χ1) is 16.2. The number of phenolic OH excluding ortho intramolecular Hbond substituents is 1. The van der Waals surface area contributed by atoms with Crippen molar-refractivity contribution in [3.63, 3.8) is 0 Å². The number of para-hydroxylation sites is 1. The van der Waals surface area contributed by atoms with Crippen molar-refractivity contribution >= 4 is 0 Å². The standard InChI is InChI=1S/C29H32FNO2/c30-23-11-8-21(9-12-23)25-14-10-22-20-24(32)13-15-26(22)29(25)27-6-2-3-7-28(27)33-19-18-31-16-4-1-5-17-31/h2-3,6-9,11-13,15,20,25,29,32H,1,4-5,10,14,16-19H2/t25-,29+/m1/s1. The van der Waals surface area contributed by atoms with Crippen molar-refractivity contribution < 1.29 is 14.2 Å². The number of ether oxygens (including phenoxy) is 1. The molecule has 0 radical (unpaired) electrons. The summed E-state index contributed by atoms with van der Waals surface area (Å²) in [5.74, 6) is 1.32. The zero-order chi connectivity index (χ0) is 22.6. The van der Waals surface area contributed by atoms with Gasteiger partial charge in [-0.05, 0) is 91.7 Å². The highest BCUT2D eigenvalue weighted by Gasteiger charge is 2.34. The topological polar surface area (TPSA) is 32.7 Å². The molecule has 0 amide bonds. The zero-order valence-electron chi connectivity index (χ0n) is 19.1. The minimum absolute atomic E-state index is 0.0889. The van der Waals surface area contributed by atoms with Crippen molar-refractivity contribution in [2.24, 2.45) is 0 Å². The van der Waals surface area contributed by atoms with Crippen LogP contribution in [0.5, 0.6) is 11.5 Å². The van der Waals surface area contributed by atoms with Crippen LogP contribution >= 0.6 is 0 Å². The van der Waals surface area contributed by atoms with Crippen LogP contribution in [-0.4, -0.2) is 36.2 Å². The third kappa shape index (κ3) is 4.91. The molecule has 1 saturated heterocycles. The number of aryl methyl sites for hydroxylation is 1. The number of nitrogens with zero attached hydrogens (tertiary/aromatic N) is 1. The van der Waals surface area contributed by atoms with E-state index in [1.807, 2.05) is 24.3 Å². The van der Waals surface area contributed by atoms with Gasteiger partial charge in [-0.25, -0.2) is 4.39 Å². The Morgan fingerprint density at radius 1 is 0.909 bits per heavy atom. The Morgan fingerprint density at radius 2 is 1.70 bits per heavy atom. The molecule has 0 aromatic heterocycles. The van der Waals surface area contributed by atoms with E-state index in [2.05, 4.69) is 29.2 Å². The van der Waals surface area contributed by atoms with E-state index in [-0.39, 0.29) is 17.7 Å². The first-order valence-corrected chi connectivity index (χ1v) is 12.2. The number of fused-ring (bicyclic) bond motifs is 1. The molecular weight excluding hydrogens is 413 g/mol. The van der Waals surface area contributed by atoms with Gasteiger partial charge in [-0.2, -0.15) is 0 Å². The summed E-state index contributed by atoms with van der Waals surface area (Å²) in [4.78, 5) is 2.49. The second-order valence-corrected chi connectivity index (χ2v) is 9.35. The van der Waals surface area contributed by atoms with Crippen LogP contribution in [0.15, 0.2) is 66.7 Å². The molecular formula is C29H32FNO2. The number of aromatic hydroxyl groups is 1. The average Bonchev–Trinajstić information content (AvgIpc) is 2.85. The molecule has 0 spiro atoms. The largest absolute Gasteiger partial charge is 0.508 e. The van der Waals surface area contributed by atoms with Gasteiger partial charge >= 0.3 is 0 Å². The maximum atomic E-state index is 13.7. The molecule has 0 saturated carbocycles. The van der Waals surface area contributed by atoms with Crippen molar-refractivity contribution in [2.75, 3.05) is 26.2 Å². The third-order valence-corrected chi connectivity index (χ3v) is 7.25. The maximum Gasteiger partial charge on any atom is 0.123 e. The average molecular weight is 446 g/mol. The number of halogens is 1. The van der Waals surface area contributed by atoms with Gasteiger partial charge in [-0.3, -0.25) is 4.90 Å². The predicted molar refractivity (Wildman–Crippen MR) is 130 cm³/mol. The normalized spacial score (nSPS) is 20.9. The molecule has 1 N–H and O–H groups in total. The molecule has 33 heavy (non-hydrogen) atoms. The molecule has 172 valence electrons. The first-order valence-electron chi connectivity index (χ1n) is 12.2. The van der Waals surface area contributed by atoms with E-state index in [4.69, 9.17) is 4.74 Å². The molecule has 3 aromatic rings. The van der Waals surface area contributed by atoms with Gasteiger partial charge in [-0.15, -0.1) is 0 Å². The molecule has 4 heteroatoms. The Labute approximate surface area is 195 Å². The fourth-order valence-electron chi connectivity index (χ4n) is 5.60. The van der Waals surface area contributed by atoms with Crippen molar-refractivity contribution in [3.05, 3.63) is 94.8 Å². The summed E-state index contributed by atoms with van der Waals surface area (Å²) in [7, 11) is 0. The SMILES string of the molecule is Oc1ccc2c(c1)CC[C@H](c1ccc(F)cc1)[C@@H]2c1ccccc1OCCN1CCCCC1. The maximum absolute atomic E-state index is 13.7. The highest BCUT2D eigenvalue weighted by molar-refractivity contribution is 5.51. The van der Waals surface area contributed by atoms with Gasteiger partial charge in [0, 0.05) is 18.0 Å². The van der Waals surface area contributed by atoms with Crippen molar-refractivity contribution in [1.29, 1.82) is 0 Å².